The van der Waals surface area contributed by atoms with Gasteiger partial charge in [0.05, 0.1) is 13.7 Å². The summed E-state index contributed by atoms with van der Waals surface area (Å²) in [5.41, 5.74) is 0.856. The summed E-state index contributed by atoms with van der Waals surface area (Å²) in [7, 11) is 1.25. The van der Waals surface area contributed by atoms with E-state index in [0.29, 0.717) is 5.56 Å². The molecule has 0 aliphatic rings. The topological polar surface area (TPSA) is 68.5 Å². The van der Waals surface area contributed by atoms with Gasteiger partial charge in [-0.15, -0.1) is 0 Å². The Morgan fingerprint density at radius 2 is 1.76 bits per heavy atom. The van der Waals surface area contributed by atoms with Crippen molar-refractivity contribution in [2.75, 3.05) is 7.11 Å². The van der Waals surface area contributed by atoms with Gasteiger partial charge in [-0.1, -0.05) is 29.4 Å². The number of carbonyl (C=O) groups is 1. The average Bonchev–Trinajstić information content (AvgIpc) is 3.13. The van der Waals surface area contributed by atoms with Gasteiger partial charge in [0.1, 0.15) is 0 Å². The third-order valence-corrected chi connectivity index (χ3v) is 3.81. The molecule has 0 radical (unpaired) electrons. The molecular weight excluding hydrogens is 408 g/mol. The highest BCUT2D eigenvalue weighted by atomic mass is 19.4. The van der Waals surface area contributed by atoms with E-state index in [-0.39, 0.29) is 37.2 Å². The zero-order valence-electron chi connectivity index (χ0n) is 15.2. The van der Waals surface area contributed by atoms with Crippen LogP contribution in [0.5, 0.6) is 0 Å². The van der Waals surface area contributed by atoms with Crippen molar-refractivity contribution in [3.8, 4) is 11.4 Å². The number of unbranched alkanes of at least 4 members (excludes halogenated alkanes) is 1. The second-order valence-electron chi connectivity index (χ2n) is 6.05. The van der Waals surface area contributed by atoms with Gasteiger partial charge >= 0.3 is 18.2 Å². The number of alkyl halides is 6. The number of aromatic nitrogens is 2. The standard InChI is InChI=1S/C17H17F6N3O3/c1-28-26(13(27)4-2-3-9-16(18,19)20)10-11-5-7-12(8-6-11)14-24-15(29-25-14)17(21,22)23/h5-8H,2-4,9-10H2,1H3. The van der Waals surface area contributed by atoms with E-state index in [4.69, 9.17) is 4.84 Å². The molecule has 0 bridgehead atoms. The molecule has 6 nitrogen and oxygen atoms in total. The number of carbonyl (C=O) groups excluding carboxylic acids is 1. The van der Waals surface area contributed by atoms with Crippen LogP contribution in [0.1, 0.15) is 37.1 Å². The van der Waals surface area contributed by atoms with Gasteiger partial charge < -0.3 is 4.52 Å². The summed E-state index contributed by atoms with van der Waals surface area (Å²) < 4.78 is 78.0. The van der Waals surface area contributed by atoms with Crippen LogP contribution in [0.2, 0.25) is 0 Å². The Balaban J connectivity index is 1.93. The highest BCUT2D eigenvalue weighted by Crippen LogP contribution is 2.29. The van der Waals surface area contributed by atoms with Gasteiger partial charge in [0.2, 0.25) is 11.7 Å². The van der Waals surface area contributed by atoms with Crippen LogP contribution in [0.3, 0.4) is 0 Å². The van der Waals surface area contributed by atoms with Gasteiger partial charge in [0.15, 0.2) is 0 Å². The zero-order valence-corrected chi connectivity index (χ0v) is 15.2. The van der Waals surface area contributed by atoms with E-state index in [0.717, 1.165) is 5.06 Å². The van der Waals surface area contributed by atoms with Crippen molar-refractivity contribution < 1.29 is 40.5 Å². The van der Waals surface area contributed by atoms with Gasteiger partial charge in [0.25, 0.3) is 0 Å². The maximum Gasteiger partial charge on any atom is 0.471 e. The fourth-order valence-corrected chi connectivity index (χ4v) is 2.36. The highest BCUT2D eigenvalue weighted by molar-refractivity contribution is 5.75. The molecule has 2 aromatic rings. The highest BCUT2D eigenvalue weighted by Gasteiger charge is 2.38. The largest absolute Gasteiger partial charge is 0.471 e. The Morgan fingerprint density at radius 3 is 2.28 bits per heavy atom. The van der Waals surface area contributed by atoms with Crippen LogP contribution in [0.15, 0.2) is 28.8 Å². The van der Waals surface area contributed by atoms with Gasteiger partial charge in [-0.05, 0) is 18.4 Å². The number of nitrogens with zero attached hydrogens (tertiary/aromatic N) is 3. The minimum atomic E-state index is -4.75. The molecule has 0 aliphatic heterocycles. The predicted molar refractivity (Wildman–Crippen MR) is 86.8 cm³/mol. The number of hydrogen-bond acceptors (Lipinski definition) is 5. The summed E-state index contributed by atoms with van der Waals surface area (Å²) in [6.07, 6.45) is -10.2. The molecule has 0 spiro atoms. The Bertz CT molecular complexity index is 802. The monoisotopic (exact) mass is 425 g/mol. The van der Waals surface area contributed by atoms with Crippen molar-refractivity contribution in [1.82, 2.24) is 15.2 Å². The summed E-state index contributed by atoms with van der Waals surface area (Å²) in [6, 6.07) is 5.95. The first kappa shape index (κ1) is 22.7. The van der Waals surface area contributed by atoms with Gasteiger partial charge in [-0.3, -0.25) is 9.63 Å². The lowest BCUT2D eigenvalue weighted by atomic mass is 10.1. The number of hydroxylamine groups is 2. The minimum absolute atomic E-state index is 0.00886. The summed E-state index contributed by atoms with van der Waals surface area (Å²) in [6.45, 7) is 0.00886. The molecule has 2 rings (SSSR count). The smallest absolute Gasteiger partial charge is 0.329 e. The van der Waals surface area contributed by atoms with Crippen molar-refractivity contribution in [2.24, 2.45) is 0 Å². The van der Waals surface area contributed by atoms with E-state index in [9.17, 15) is 31.1 Å². The molecule has 0 saturated heterocycles. The van der Waals surface area contributed by atoms with E-state index in [1.165, 1.54) is 31.4 Å². The normalized spacial score (nSPS) is 12.2. The third kappa shape index (κ3) is 7.04. The SMILES string of the molecule is CON(Cc1ccc(-c2noc(C(F)(F)F)n2)cc1)C(=O)CCCCC(F)(F)F. The van der Waals surface area contributed by atoms with E-state index < -0.39 is 30.6 Å². The fourth-order valence-electron chi connectivity index (χ4n) is 2.36. The number of benzene rings is 1. The average molecular weight is 425 g/mol. The summed E-state index contributed by atoms with van der Waals surface area (Å²) >= 11 is 0. The first-order valence-corrected chi connectivity index (χ1v) is 8.41. The lowest BCUT2D eigenvalue weighted by molar-refractivity contribution is -0.179. The Morgan fingerprint density at radius 1 is 1.10 bits per heavy atom. The second-order valence-corrected chi connectivity index (χ2v) is 6.05. The molecule has 1 aromatic heterocycles. The molecule has 0 aliphatic carbocycles. The third-order valence-electron chi connectivity index (χ3n) is 3.81. The van der Waals surface area contributed by atoms with Crippen LogP contribution in [-0.4, -0.2) is 34.4 Å². The van der Waals surface area contributed by atoms with Crippen molar-refractivity contribution >= 4 is 5.91 Å². The zero-order chi connectivity index (χ0) is 21.7. The van der Waals surface area contributed by atoms with Crippen molar-refractivity contribution in [2.45, 2.75) is 44.6 Å². The van der Waals surface area contributed by atoms with Crippen LogP contribution in [-0.2, 0) is 22.4 Å². The van der Waals surface area contributed by atoms with Gasteiger partial charge in [0, 0.05) is 18.4 Å². The maximum absolute atomic E-state index is 12.5. The second kappa shape index (κ2) is 9.25. The number of hydrogen-bond donors (Lipinski definition) is 0. The lowest BCUT2D eigenvalue weighted by Crippen LogP contribution is -2.29. The number of halogens is 6. The van der Waals surface area contributed by atoms with Crippen molar-refractivity contribution in [3.05, 3.63) is 35.7 Å². The first-order chi connectivity index (χ1) is 13.5. The predicted octanol–water partition coefficient (Wildman–Crippen LogP) is 4.77. The van der Waals surface area contributed by atoms with E-state index in [2.05, 4.69) is 14.7 Å². The summed E-state index contributed by atoms with van der Waals surface area (Å²) in [5, 5.41) is 4.27. The molecular formula is C17H17F6N3O3. The molecule has 0 fully saturated rings. The summed E-state index contributed by atoms with van der Waals surface area (Å²) in [4.78, 5) is 20.3. The maximum atomic E-state index is 12.5. The van der Waals surface area contributed by atoms with Crippen LogP contribution in [0.4, 0.5) is 26.3 Å². The molecule has 1 heterocycles. The molecule has 0 N–H and O–H groups in total. The molecule has 1 amide bonds. The van der Waals surface area contributed by atoms with Crippen LogP contribution < -0.4 is 0 Å². The van der Waals surface area contributed by atoms with E-state index in [1.54, 1.807) is 0 Å². The molecule has 0 saturated carbocycles. The fraction of sp³-hybridized carbons (Fsp3) is 0.471. The quantitative estimate of drug-likeness (QED) is 0.346. The summed E-state index contributed by atoms with van der Waals surface area (Å²) in [5.74, 6) is -2.18. The van der Waals surface area contributed by atoms with Crippen LogP contribution in [0.25, 0.3) is 11.4 Å². The molecule has 12 heteroatoms. The molecule has 0 atom stereocenters. The molecule has 1 aromatic carbocycles. The molecule has 160 valence electrons. The first-order valence-electron chi connectivity index (χ1n) is 8.41. The molecule has 29 heavy (non-hydrogen) atoms. The Hall–Kier alpha value is -2.63. The van der Waals surface area contributed by atoms with Gasteiger partial charge in [-0.2, -0.15) is 31.3 Å². The molecule has 0 unspecified atom stereocenters. The van der Waals surface area contributed by atoms with Crippen LogP contribution >= 0.6 is 0 Å². The van der Waals surface area contributed by atoms with Gasteiger partial charge in [-0.25, -0.2) is 5.06 Å². The van der Waals surface area contributed by atoms with Crippen LogP contribution in [0, 0.1) is 0 Å². The minimum Gasteiger partial charge on any atom is -0.329 e. The number of rotatable bonds is 8. The Kier molecular flexibility index (Phi) is 7.22. The van der Waals surface area contributed by atoms with E-state index in [1.807, 2.05) is 0 Å². The van der Waals surface area contributed by atoms with Crippen molar-refractivity contribution in [3.63, 3.8) is 0 Å². The van der Waals surface area contributed by atoms with E-state index >= 15 is 0 Å². The number of amides is 1. The lowest BCUT2D eigenvalue weighted by Gasteiger charge is -2.20. The van der Waals surface area contributed by atoms with Crippen molar-refractivity contribution in [1.29, 1.82) is 0 Å². The Labute approximate surface area is 161 Å².